The van der Waals surface area contributed by atoms with Crippen LogP contribution in [0.5, 0.6) is 0 Å². The van der Waals surface area contributed by atoms with Gasteiger partial charge in [0.05, 0.1) is 18.5 Å². The van der Waals surface area contributed by atoms with E-state index in [-0.39, 0.29) is 5.82 Å². The average Bonchev–Trinajstić information content (AvgIpc) is 3.01. The van der Waals surface area contributed by atoms with Crippen molar-refractivity contribution in [1.82, 2.24) is 14.7 Å². The van der Waals surface area contributed by atoms with Crippen LogP contribution in [0.15, 0.2) is 30.6 Å². The van der Waals surface area contributed by atoms with E-state index in [1.165, 1.54) is 11.6 Å². The highest BCUT2D eigenvalue weighted by atomic mass is 19.1. The van der Waals surface area contributed by atoms with Crippen LogP contribution in [-0.4, -0.2) is 40.9 Å². The molecule has 1 aromatic carbocycles. The van der Waals surface area contributed by atoms with E-state index in [9.17, 15) is 4.39 Å². The molecule has 5 nitrogen and oxygen atoms in total. The van der Waals surface area contributed by atoms with E-state index in [1.807, 2.05) is 10.9 Å². The van der Waals surface area contributed by atoms with E-state index in [2.05, 4.69) is 39.8 Å². The van der Waals surface area contributed by atoms with Gasteiger partial charge in [-0.3, -0.25) is 9.58 Å². The fourth-order valence-electron chi connectivity index (χ4n) is 3.19. The second-order valence-electron chi connectivity index (χ2n) is 6.98. The number of halogens is 1. The summed E-state index contributed by atoms with van der Waals surface area (Å²) in [5.74, 6) is 0.275. The van der Waals surface area contributed by atoms with Crippen LogP contribution in [0.4, 0.5) is 15.8 Å². The molecule has 3 rings (SSSR count). The Labute approximate surface area is 148 Å². The number of piperazine rings is 1. The molecule has 0 saturated carbocycles. The van der Waals surface area contributed by atoms with Crippen LogP contribution < -0.4 is 4.90 Å². The first-order valence-electron chi connectivity index (χ1n) is 8.71. The molecule has 25 heavy (non-hydrogen) atoms. The highest BCUT2D eigenvalue weighted by Crippen LogP contribution is 2.25. The molecule has 2 aromatic rings. The topological polar surface area (TPSA) is 28.7 Å². The minimum atomic E-state index is -0.308. The van der Waals surface area contributed by atoms with Gasteiger partial charge in [0.1, 0.15) is 5.82 Å². The summed E-state index contributed by atoms with van der Waals surface area (Å²) >= 11 is 0. The van der Waals surface area contributed by atoms with Crippen molar-refractivity contribution in [3.8, 4) is 0 Å². The standard InChI is InChI=1S/C19H24FN5/c1-15(2)12-25-14-16(11-22-25)13-23-6-8-24(9-7-23)19-5-4-17(21-3)10-18(19)20/h4-5,10-11,14-15H,6-9,12-13H2,1-2H3. The van der Waals surface area contributed by atoms with Gasteiger partial charge in [-0.15, -0.1) is 0 Å². The third kappa shape index (κ3) is 4.37. The van der Waals surface area contributed by atoms with Crippen molar-refractivity contribution in [3.63, 3.8) is 0 Å². The van der Waals surface area contributed by atoms with E-state index >= 15 is 0 Å². The van der Waals surface area contributed by atoms with Gasteiger partial charge in [0, 0.05) is 51.0 Å². The molecule has 0 bridgehead atoms. The van der Waals surface area contributed by atoms with E-state index in [0.717, 1.165) is 39.3 Å². The molecule has 1 aromatic heterocycles. The first-order chi connectivity index (χ1) is 12.0. The number of nitrogens with zero attached hydrogens (tertiary/aromatic N) is 5. The number of rotatable bonds is 5. The summed E-state index contributed by atoms with van der Waals surface area (Å²) in [6.07, 6.45) is 4.06. The molecule has 0 unspecified atom stereocenters. The number of anilines is 1. The molecule has 0 radical (unpaired) electrons. The van der Waals surface area contributed by atoms with Crippen molar-refractivity contribution in [2.75, 3.05) is 31.1 Å². The Kier molecular flexibility index (Phi) is 5.34. The lowest BCUT2D eigenvalue weighted by Crippen LogP contribution is -2.46. The lowest BCUT2D eigenvalue weighted by Gasteiger charge is -2.36. The van der Waals surface area contributed by atoms with Gasteiger partial charge in [0.25, 0.3) is 0 Å². The highest BCUT2D eigenvalue weighted by Gasteiger charge is 2.20. The van der Waals surface area contributed by atoms with Crippen LogP contribution in [-0.2, 0) is 13.1 Å². The second kappa shape index (κ2) is 7.66. The minimum absolute atomic E-state index is 0.308. The smallest absolute Gasteiger partial charge is 0.190 e. The Morgan fingerprint density at radius 1 is 1.24 bits per heavy atom. The molecule has 0 spiro atoms. The van der Waals surface area contributed by atoms with E-state index in [4.69, 9.17) is 6.57 Å². The summed E-state index contributed by atoms with van der Waals surface area (Å²) in [6.45, 7) is 16.5. The molecule has 1 saturated heterocycles. The molecule has 0 aliphatic carbocycles. The molecule has 1 aliphatic heterocycles. The first-order valence-corrected chi connectivity index (χ1v) is 8.71. The van der Waals surface area contributed by atoms with Crippen LogP contribution in [0.2, 0.25) is 0 Å². The normalized spacial score (nSPS) is 15.6. The molecule has 2 heterocycles. The lowest BCUT2D eigenvalue weighted by atomic mass is 10.2. The van der Waals surface area contributed by atoms with E-state index in [0.29, 0.717) is 17.3 Å². The first kappa shape index (κ1) is 17.4. The van der Waals surface area contributed by atoms with Crippen LogP contribution in [0.3, 0.4) is 0 Å². The van der Waals surface area contributed by atoms with Crippen molar-refractivity contribution in [1.29, 1.82) is 0 Å². The molecule has 0 atom stereocenters. The summed E-state index contributed by atoms with van der Waals surface area (Å²) in [5, 5.41) is 4.42. The average molecular weight is 341 g/mol. The number of aromatic nitrogens is 2. The van der Waals surface area contributed by atoms with Gasteiger partial charge in [-0.2, -0.15) is 5.10 Å². The summed E-state index contributed by atoms with van der Waals surface area (Å²) in [7, 11) is 0. The zero-order valence-corrected chi connectivity index (χ0v) is 14.8. The van der Waals surface area contributed by atoms with Crippen LogP contribution >= 0.6 is 0 Å². The molecule has 1 aliphatic rings. The van der Waals surface area contributed by atoms with E-state index in [1.54, 1.807) is 12.1 Å². The van der Waals surface area contributed by atoms with Gasteiger partial charge in [-0.25, -0.2) is 9.24 Å². The molecular weight excluding hydrogens is 317 g/mol. The third-order valence-electron chi connectivity index (χ3n) is 4.42. The van der Waals surface area contributed by atoms with Crippen LogP contribution in [0.1, 0.15) is 19.4 Å². The van der Waals surface area contributed by atoms with Crippen LogP contribution in [0.25, 0.3) is 4.85 Å². The summed E-state index contributed by atoms with van der Waals surface area (Å²) in [6, 6.07) is 4.72. The molecule has 6 heteroatoms. The summed E-state index contributed by atoms with van der Waals surface area (Å²) < 4.78 is 16.2. The molecule has 1 fully saturated rings. The SMILES string of the molecule is [C-]#[N+]c1ccc(N2CCN(Cc3cnn(CC(C)C)c3)CC2)c(F)c1. The Morgan fingerprint density at radius 2 is 2.00 bits per heavy atom. The minimum Gasteiger partial charge on any atom is -0.367 e. The monoisotopic (exact) mass is 341 g/mol. The maximum Gasteiger partial charge on any atom is 0.190 e. The Balaban J connectivity index is 1.55. The number of benzene rings is 1. The fraction of sp³-hybridized carbons (Fsp3) is 0.474. The van der Waals surface area contributed by atoms with Crippen LogP contribution in [0, 0.1) is 18.3 Å². The van der Waals surface area contributed by atoms with Gasteiger partial charge in [0.15, 0.2) is 5.69 Å². The Bertz CT molecular complexity index is 753. The zero-order chi connectivity index (χ0) is 17.8. The highest BCUT2D eigenvalue weighted by molar-refractivity contribution is 5.57. The maximum atomic E-state index is 14.2. The van der Waals surface area contributed by atoms with Crippen molar-refractivity contribution < 1.29 is 4.39 Å². The van der Waals surface area contributed by atoms with Crippen molar-refractivity contribution in [3.05, 3.63) is 53.4 Å². The van der Waals surface area contributed by atoms with Gasteiger partial charge in [-0.1, -0.05) is 19.9 Å². The summed E-state index contributed by atoms with van der Waals surface area (Å²) in [4.78, 5) is 7.70. The fourth-order valence-corrected chi connectivity index (χ4v) is 3.19. The maximum absolute atomic E-state index is 14.2. The predicted molar refractivity (Wildman–Crippen MR) is 97.2 cm³/mol. The lowest BCUT2D eigenvalue weighted by molar-refractivity contribution is 0.249. The molecule has 0 amide bonds. The molecular formula is C19H24FN5. The Hall–Kier alpha value is -2.39. The van der Waals surface area contributed by atoms with Gasteiger partial charge in [0.2, 0.25) is 0 Å². The number of hydrogen-bond donors (Lipinski definition) is 0. The van der Waals surface area contributed by atoms with Gasteiger partial charge >= 0.3 is 0 Å². The van der Waals surface area contributed by atoms with Crippen molar-refractivity contribution in [2.45, 2.75) is 26.9 Å². The number of hydrogen-bond acceptors (Lipinski definition) is 3. The van der Waals surface area contributed by atoms with E-state index < -0.39 is 0 Å². The second-order valence-corrected chi connectivity index (χ2v) is 6.98. The quantitative estimate of drug-likeness (QED) is 0.779. The Morgan fingerprint density at radius 3 is 2.64 bits per heavy atom. The van der Waals surface area contributed by atoms with Crippen molar-refractivity contribution in [2.24, 2.45) is 5.92 Å². The van der Waals surface area contributed by atoms with Gasteiger partial charge < -0.3 is 4.90 Å². The molecule has 0 N–H and O–H groups in total. The molecule has 132 valence electrons. The largest absolute Gasteiger partial charge is 0.367 e. The summed E-state index contributed by atoms with van der Waals surface area (Å²) in [5.41, 5.74) is 2.16. The van der Waals surface area contributed by atoms with Crippen molar-refractivity contribution >= 4 is 11.4 Å². The predicted octanol–water partition coefficient (Wildman–Crippen LogP) is 3.55. The van der Waals surface area contributed by atoms with Gasteiger partial charge in [-0.05, 0) is 18.1 Å². The zero-order valence-electron chi connectivity index (χ0n) is 14.8. The third-order valence-corrected chi connectivity index (χ3v) is 4.42.